The van der Waals surface area contributed by atoms with Crippen LogP contribution in [0.5, 0.6) is 0 Å². The molecule has 4 aromatic rings. The summed E-state index contributed by atoms with van der Waals surface area (Å²) in [5.74, 6) is 0.991. The number of aromatic amines is 1. The van der Waals surface area contributed by atoms with Crippen LogP contribution in [0, 0.1) is 11.3 Å². The van der Waals surface area contributed by atoms with Gasteiger partial charge in [0.05, 0.1) is 18.3 Å². The molecule has 2 aromatic heterocycles. The number of nitriles is 1. The number of aromatic nitrogens is 6. The van der Waals surface area contributed by atoms with Crippen LogP contribution in [0.4, 0.5) is 0 Å². The summed E-state index contributed by atoms with van der Waals surface area (Å²) in [7, 11) is 0. The van der Waals surface area contributed by atoms with Crippen molar-refractivity contribution in [2.45, 2.75) is 51.7 Å². The van der Waals surface area contributed by atoms with Crippen molar-refractivity contribution < 1.29 is 9.90 Å². The molecule has 4 heterocycles. The Morgan fingerprint density at radius 1 is 1.16 bits per heavy atom. The molecule has 190 valence electrons. The number of unbranched alkanes of at least 4 members (excludes halogenated alkanes) is 1. The number of tetrazole rings is 1. The van der Waals surface area contributed by atoms with Gasteiger partial charge in [-0.05, 0) is 28.3 Å². The van der Waals surface area contributed by atoms with Crippen LogP contribution in [-0.2, 0) is 30.7 Å². The molecule has 0 bridgehead atoms. The van der Waals surface area contributed by atoms with Gasteiger partial charge in [0.2, 0.25) is 5.82 Å². The monoisotopic (exact) mass is 506 g/mol. The van der Waals surface area contributed by atoms with Crippen molar-refractivity contribution >= 4 is 5.91 Å². The van der Waals surface area contributed by atoms with Gasteiger partial charge in [-0.15, -0.1) is 10.2 Å². The maximum Gasteiger partial charge on any atom is 0.269 e. The Hall–Kier alpha value is -4.78. The quantitative estimate of drug-likeness (QED) is 0.390. The van der Waals surface area contributed by atoms with E-state index in [1.54, 1.807) is 4.90 Å². The molecule has 2 aliphatic rings. The van der Waals surface area contributed by atoms with Gasteiger partial charge in [0, 0.05) is 30.6 Å². The number of nitrogens with one attached hydrogen (secondary N) is 1. The third-order valence-electron chi connectivity index (χ3n) is 7.35. The standard InChI is InChI=1S/C28H26N8O2/c1-2-3-8-25-30-22-16-36-24(26(37)21(14-29)28(36)38)13-23(22)35(25)15-17-9-11-18(12-10-17)19-6-4-5-7-20(19)27-31-33-34-32-27/h4-7,9-12,24,37H,2-3,8,13,15-16H2,1H3,(H,31,32,33,34). The van der Waals surface area contributed by atoms with Crippen LogP contribution in [0.1, 0.15) is 42.5 Å². The fraction of sp³-hybridized carbons (Fsp3) is 0.286. The zero-order valence-electron chi connectivity index (χ0n) is 20.9. The van der Waals surface area contributed by atoms with Crippen LogP contribution < -0.4 is 0 Å². The lowest BCUT2D eigenvalue weighted by Crippen LogP contribution is -2.41. The summed E-state index contributed by atoms with van der Waals surface area (Å²) in [5, 5.41) is 34.4. The summed E-state index contributed by atoms with van der Waals surface area (Å²) in [5.41, 5.74) is 5.79. The van der Waals surface area contributed by atoms with E-state index >= 15 is 0 Å². The maximum atomic E-state index is 12.6. The van der Waals surface area contributed by atoms with Crippen molar-refractivity contribution in [3.8, 4) is 28.6 Å². The van der Waals surface area contributed by atoms with Gasteiger partial charge in [0.25, 0.3) is 5.91 Å². The Morgan fingerprint density at radius 2 is 1.95 bits per heavy atom. The molecule has 2 N–H and O–H groups in total. The number of hydrogen-bond donors (Lipinski definition) is 2. The highest BCUT2D eigenvalue weighted by Crippen LogP contribution is 2.35. The molecular formula is C28H26N8O2. The average Bonchev–Trinajstić information content (AvgIpc) is 3.65. The summed E-state index contributed by atoms with van der Waals surface area (Å²) in [4.78, 5) is 19.1. The van der Waals surface area contributed by atoms with Crippen molar-refractivity contribution in [3.63, 3.8) is 0 Å². The molecule has 0 saturated heterocycles. The molecule has 6 rings (SSSR count). The third-order valence-corrected chi connectivity index (χ3v) is 7.35. The highest BCUT2D eigenvalue weighted by Gasteiger charge is 2.44. The van der Waals surface area contributed by atoms with Crippen molar-refractivity contribution in [2.75, 3.05) is 0 Å². The zero-order valence-corrected chi connectivity index (χ0v) is 20.9. The second-order valence-electron chi connectivity index (χ2n) is 9.61. The van der Waals surface area contributed by atoms with Crippen LogP contribution in [0.2, 0.25) is 0 Å². The topological polar surface area (TPSA) is 137 Å². The lowest BCUT2D eigenvalue weighted by molar-refractivity contribution is -0.127. The van der Waals surface area contributed by atoms with E-state index in [2.05, 4.69) is 56.4 Å². The second kappa shape index (κ2) is 9.59. The number of fused-ring (bicyclic) bond motifs is 2. The minimum Gasteiger partial charge on any atom is -0.508 e. The fourth-order valence-corrected chi connectivity index (χ4v) is 5.38. The van der Waals surface area contributed by atoms with Crippen LogP contribution in [0.25, 0.3) is 22.5 Å². The van der Waals surface area contributed by atoms with Crippen molar-refractivity contribution in [1.82, 2.24) is 35.1 Å². The third kappa shape index (κ3) is 3.93. The SMILES string of the molecule is CCCCc1nc2c(n1Cc1ccc(-c3ccccc3-c3nn[nH]n3)cc1)CC1C(O)=C(C#N)C(=O)N1C2. The first-order chi connectivity index (χ1) is 18.6. The number of hydrogen-bond acceptors (Lipinski definition) is 7. The summed E-state index contributed by atoms with van der Waals surface area (Å²) in [6.07, 6.45) is 3.34. The van der Waals surface area contributed by atoms with Gasteiger partial charge in [-0.2, -0.15) is 10.5 Å². The number of aliphatic hydroxyl groups excluding tert-OH is 1. The molecule has 2 aliphatic heterocycles. The number of aliphatic hydroxyl groups is 1. The first kappa shape index (κ1) is 23.6. The van der Waals surface area contributed by atoms with Gasteiger partial charge in [-0.25, -0.2) is 4.98 Å². The van der Waals surface area contributed by atoms with Crippen LogP contribution in [-0.4, -0.2) is 52.1 Å². The Morgan fingerprint density at radius 3 is 2.66 bits per heavy atom. The van der Waals surface area contributed by atoms with Crippen molar-refractivity contribution in [1.29, 1.82) is 5.26 Å². The van der Waals surface area contributed by atoms with Gasteiger partial charge < -0.3 is 14.6 Å². The Bertz CT molecular complexity index is 1580. The molecule has 0 aliphatic carbocycles. The molecule has 2 aromatic carbocycles. The van der Waals surface area contributed by atoms with E-state index in [1.807, 2.05) is 30.3 Å². The molecule has 1 atom stereocenters. The highest BCUT2D eigenvalue weighted by atomic mass is 16.3. The number of carbonyl (C=O) groups excluding carboxylic acids is 1. The molecule has 0 fully saturated rings. The smallest absolute Gasteiger partial charge is 0.269 e. The van der Waals surface area contributed by atoms with E-state index in [1.165, 1.54) is 0 Å². The van der Waals surface area contributed by atoms with Gasteiger partial charge in [-0.1, -0.05) is 61.9 Å². The lowest BCUT2D eigenvalue weighted by atomic mass is 9.98. The van der Waals surface area contributed by atoms with E-state index < -0.39 is 11.9 Å². The van der Waals surface area contributed by atoms with Crippen LogP contribution in [0.3, 0.4) is 0 Å². The number of benzene rings is 2. The Labute approximate surface area is 219 Å². The van der Waals surface area contributed by atoms with Gasteiger partial charge >= 0.3 is 0 Å². The molecule has 1 unspecified atom stereocenters. The molecule has 10 nitrogen and oxygen atoms in total. The normalized spacial score (nSPS) is 16.5. The zero-order chi connectivity index (χ0) is 26.2. The van der Waals surface area contributed by atoms with Gasteiger partial charge in [-0.3, -0.25) is 4.79 Å². The molecular weight excluding hydrogens is 480 g/mol. The average molecular weight is 507 g/mol. The summed E-state index contributed by atoms with van der Waals surface area (Å²) < 4.78 is 2.23. The van der Waals surface area contributed by atoms with Crippen molar-refractivity contribution in [2.24, 2.45) is 0 Å². The summed E-state index contributed by atoms with van der Waals surface area (Å²) in [6.45, 7) is 3.08. The van der Waals surface area contributed by atoms with Gasteiger partial charge in [0.1, 0.15) is 17.7 Å². The Balaban J connectivity index is 1.32. The molecule has 1 amide bonds. The van der Waals surface area contributed by atoms with E-state index in [0.717, 1.165) is 58.7 Å². The number of aryl methyl sites for hydroxylation is 1. The van der Waals surface area contributed by atoms with Crippen LogP contribution in [0.15, 0.2) is 59.9 Å². The minimum absolute atomic E-state index is 0.129. The molecule has 10 heteroatoms. The number of rotatable bonds is 7. The Kier molecular flexibility index (Phi) is 5.96. The fourth-order valence-electron chi connectivity index (χ4n) is 5.38. The molecule has 0 saturated carbocycles. The van der Waals surface area contributed by atoms with E-state index in [-0.39, 0.29) is 11.3 Å². The van der Waals surface area contributed by atoms with E-state index in [4.69, 9.17) is 4.98 Å². The summed E-state index contributed by atoms with van der Waals surface area (Å²) >= 11 is 0. The second-order valence-corrected chi connectivity index (χ2v) is 9.61. The van der Waals surface area contributed by atoms with E-state index in [0.29, 0.717) is 25.3 Å². The molecule has 0 radical (unpaired) electrons. The predicted octanol–water partition coefficient (Wildman–Crippen LogP) is 3.72. The first-order valence-corrected chi connectivity index (χ1v) is 12.7. The van der Waals surface area contributed by atoms with Gasteiger partial charge in [0.15, 0.2) is 5.57 Å². The number of nitrogens with zero attached hydrogens (tertiary/aromatic N) is 7. The van der Waals surface area contributed by atoms with Crippen molar-refractivity contribution in [3.05, 3.63) is 82.6 Å². The first-order valence-electron chi connectivity index (χ1n) is 12.7. The molecule has 0 spiro atoms. The maximum absolute atomic E-state index is 12.6. The molecule has 38 heavy (non-hydrogen) atoms. The predicted molar refractivity (Wildman–Crippen MR) is 138 cm³/mol. The lowest BCUT2D eigenvalue weighted by Gasteiger charge is -2.30. The number of amides is 1. The summed E-state index contributed by atoms with van der Waals surface area (Å²) in [6, 6.07) is 17.7. The highest BCUT2D eigenvalue weighted by molar-refractivity contribution is 6.01. The minimum atomic E-state index is -0.511. The van der Waals surface area contributed by atoms with Crippen LogP contribution >= 0.6 is 0 Å². The number of carbonyl (C=O) groups is 1. The number of imidazole rings is 1. The number of H-pyrrole nitrogens is 1. The largest absolute Gasteiger partial charge is 0.508 e. The van der Waals surface area contributed by atoms with E-state index in [9.17, 15) is 15.2 Å².